The van der Waals surface area contributed by atoms with Crippen molar-refractivity contribution in [2.45, 2.75) is 32.1 Å². The molecule has 0 aliphatic heterocycles. The predicted octanol–water partition coefficient (Wildman–Crippen LogP) is 5.02. The van der Waals surface area contributed by atoms with Crippen molar-refractivity contribution in [2.24, 2.45) is 5.41 Å². The molecule has 0 heterocycles. The van der Waals surface area contributed by atoms with E-state index in [2.05, 4.69) is 21.2 Å². The normalized spacial score (nSPS) is 17.8. The molecule has 110 valence electrons. The van der Waals surface area contributed by atoms with Gasteiger partial charge in [-0.1, -0.05) is 30.9 Å². The Morgan fingerprint density at radius 1 is 1.30 bits per heavy atom. The Labute approximate surface area is 138 Å². The molecule has 1 saturated carbocycles. The number of hydrogen-bond acceptors (Lipinski definition) is 1. The van der Waals surface area contributed by atoms with Crippen LogP contribution in [0.5, 0.6) is 0 Å². The highest BCUT2D eigenvalue weighted by molar-refractivity contribution is 9.10. The van der Waals surface area contributed by atoms with E-state index in [0.717, 1.165) is 17.3 Å². The molecule has 0 spiro atoms. The molecule has 5 heteroatoms. The summed E-state index contributed by atoms with van der Waals surface area (Å²) in [4.78, 5) is 12.2. The van der Waals surface area contributed by atoms with E-state index in [1.54, 1.807) is 18.2 Å². The molecule has 1 amide bonds. The van der Waals surface area contributed by atoms with Gasteiger partial charge >= 0.3 is 0 Å². The zero-order valence-electron chi connectivity index (χ0n) is 11.2. The van der Waals surface area contributed by atoms with Crippen molar-refractivity contribution >= 4 is 45.0 Å². The smallest absolute Gasteiger partial charge is 0.251 e. The number of carbonyl (C=O) groups excluding carboxylic acids is 1. The van der Waals surface area contributed by atoms with E-state index in [0.29, 0.717) is 23.0 Å². The van der Waals surface area contributed by atoms with Crippen LogP contribution in [-0.2, 0) is 0 Å². The quantitative estimate of drug-likeness (QED) is 0.732. The first kappa shape index (κ1) is 16.1. The molecule has 1 aromatic carbocycles. The molecule has 0 unspecified atom stereocenters. The summed E-state index contributed by atoms with van der Waals surface area (Å²) >= 11 is 15.4. The largest absolute Gasteiger partial charge is 0.351 e. The molecule has 2 nitrogen and oxygen atoms in total. The lowest BCUT2D eigenvalue weighted by molar-refractivity contribution is 0.0921. The zero-order valence-corrected chi connectivity index (χ0v) is 14.3. The summed E-state index contributed by atoms with van der Waals surface area (Å²) in [6.45, 7) is 0.648. The Morgan fingerprint density at radius 3 is 2.60 bits per heavy atom. The van der Waals surface area contributed by atoms with Crippen molar-refractivity contribution in [2.75, 3.05) is 12.4 Å². The number of amides is 1. The minimum atomic E-state index is -0.0718. The topological polar surface area (TPSA) is 29.1 Å². The van der Waals surface area contributed by atoms with E-state index in [9.17, 15) is 4.79 Å². The van der Waals surface area contributed by atoms with Crippen LogP contribution < -0.4 is 5.32 Å². The maximum Gasteiger partial charge on any atom is 0.251 e. The van der Waals surface area contributed by atoms with E-state index in [4.69, 9.17) is 23.2 Å². The van der Waals surface area contributed by atoms with Gasteiger partial charge < -0.3 is 5.32 Å². The Balaban J connectivity index is 1.98. The SMILES string of the molecule is O=C(NCC1(CCl)CCCCC1)c1ccc(Cl)c(Br)c1. The van der Waals surface area contributed by atoms with E-state index in [1.165, 1.54) is 19.3 Å². The lowest BCUT2D eigenvalue weighted by Gasteiger charge is -2.35. The number of carbonyl (C=O) groups is 1. The van der Waals surface area contributed by atoms with Crippen molar-refractivity contribution in [3.05, 3.63) is 33.3 Å². The second kappa shape index (κ2) is 7.15. The molecule has 0 bridgehead atoms. The van der Waals surface area contributed by atoms with Crippen LogP contribution in [0.2, 0.25) is 5.02 Å². The van der Waals surface area contributed by atoms with Gasteiger partial charge in [-0.2, -0.15) is 0 Å². The van der Waals surface area contributed by atoms with Crippen LogP contribution >= 0.6 is 39.1 Å². The highest BCUT2D eigenvalue weighted by atomic mass is 79.9. The van der Waals surface area contributed by atoms with Gasteiger partial charge in [0, 0.05) is 27.9 Å². The lowest BCUT2D eigenvalue weighted by atomic mass is 9.75. The maximum atomic E-state index is 12.2. The molecule has 0 saturated heterocycles. The van der Waals surface area contributed by atoms with E-state index >= 15 is 0 Å². The summed E-state index contributed by atoms with van der Waals surface area (Å²) in [5.41, 5.74) is 0.681. The number of nitrogens with one attached hydrogen (secondary N) is 1. The Morgan fingerprint density at radius 2 is 2.00 bits per heavy atom. The fourth-order valence-electron chi connectivity index (χ4n) is 2.67. The van der Waals surface area contributed by atoms with Gasteiger partial charge in [0.25, 0.3) is 5.91 Å². The summed E-state index contributed by atoms with van der Waals surface area (Å²) in [5.74, 6) is 0.537. The Kier molecular flexibility index (Phi) is 5.76. The summed E-state index contributed by atoms with van der Waals surface area (Å²) in [6.07, 6.45) is 5.88. The average molecular weight is 379 g/mol. The molecule has 1 N–H and O–H groups in total. The molecular weight excluding hydrogens is 361 g/mol. The van der Waals surface area contributed by atoms with Crippen LogP contribution in [-0.4, -0.2) is 18.3 Å². The Hall–Kier alpha value is -0.250. The monoisotopic (exact) mass is 377 g/mol. The van der Waals surface area contributed by atoms with Crippen LogP contribution in [0, 0.1) is 5.41 Å². The standard InChI is InChI=1S/C15H18BrCl2NO/c16-12-8-11(4-5-13(12)18)14(20)19-10-15(9-17)6-2-1-3-7-15/h4-5,8H,1-3,6-7,9-10H2,(H,19,20). The first-order valence-corrected chi connectivity index (χ1v) is 8.56. The van der Waals surface area contributed by atoms with Crippen molar-refractivity contribution in [3.63, 3.8) is 0 Å². The second-order valence-corrected chi connectivity index (χ2v) is 7.03. The number of alkyl halides is 1. The second-order valence-electron chi connectivity index (χ2n) is 5.51. The highest BCUT2D eigenvalue weighted by Crippen LogP contribution is 2.36. The van der Waals surface area contributed by atoms with Gasteiger partial charge in [-0.15, -0.1) is 11.6 Å². The van der Waals surface area contributed by atoms with Gasteiger partial charge in [-0.05, 0) is 47.0 Å². The van der Waals surface area contributed by atoms with Gasteiger partial charge in [-0.3, -0.25) is 4.79 Å². The van der Waals surface area contributed by atoms with E-state index in [1.807, 2.05) is 0 Å². The number of hydrogen-bond donors (Lipinski definition) is 1. The van der Waals surface area contributed by atoms with Crippen molar-refractivity contribution in [1.82, 2.24) is 5.32 Å². The van der Waals surface area contributed by atoms with E-state index in [-0.39, 0.29) is 11.3 Å². The Bertz CT molecular complexity index is 487. The lowest BCUT2D eigenvalue weighted by Crippen LogP contribution is -2.40. The first-order chi connectivity index (χ1) is 9.56. The van der Waals surface area contributed by atoms with Crippen LogP contribution in [0.1, 0.15) is 42.5 Å². The van der Waals surface area contributed by atoms with Crippen molar-refractivity contribution < 1.29 is 4.79 Å². The molecule has 0 atom stereocenters. The van der Waals surface area contributed by atoms with Crippen LogP contribution in [0.15, 0.2) is 22.7 Å². The van der Waals surface area contributed by atoms with Crippen LogP contribution in [0.4, 0.5) is 0 Å². The molecule has 0 aromatic heterocycles. The molecule has 1 fully saturated rings. The van der Waals surface area contributed by atoms with Gasteiger partial charge in [0.15, 0.2) is 0 Å². The third kappa shape index (κ3) is 3.90. The summed E-state index contributed by atoms with van der Waals surface area (Å²) in [5, 5.41) is 3.62. The van der Waals surface area contributed by atoms with Gasteiger partial charge in [-0.25, -0.2) is 0 Å². The van der Waals surface area contributed by atoms with Crippen molar-refractivity contribution in [3.8, 4) is 0 Å². The third-order valence-corrected chi connectivity index (χ3v) is 5.78. The van der Waals surface area contributed by atoms with Crippen molar-refractivity contribution in [1.29, 1.82) is 0 Å². The third-order valence-electron chi connectivity index (χ3n) is 4.00. The average Bonchev–Trinajstić information content (AvgIpc) is 2.48. The predicted molar refractivity (Wildman–Crippen MR) is 87.7 cm³/mol. The molecule has 2 rings (SSSR count). The minimum Gasteiger partial charge on any atom is -0.351 e. The molecule has 20 heavy (non-hydrogen) atoms. The highest BCUT2D eigenvalue weighted by Gasteiger charge is 2.31. The number of rotatable bonds is 4. The first-order valence-electron chi connectivity index (χ1n) is 6.86. The summed E-state index contributed by atoms with van der Waals surface area (Å²) < 4.78 is 0.733. The number of halogens is 3. The number of benzene rings is 1. The van der Waals surface area contributed by atoms with E-state index < -0.39 is 0 Å². The van der Waals surface area contributed by atoms with Gasteiger partial charge in [0.1, 0.15) is 0 Å². The van der Waals surface area contributed by atoms with Crippen LogP contribution in [0.3, 0.4) is 0 Å². The maximum absolute atomic E-state index is 12.2. The molecule has 1 aliphatic carbocycles. The van der Waals surface area contributed by atoms with Gasteiger partial charge in [0.05, 0.1) is 5.02 Å². The van der Waals surface area contributed by atoms with Crippen LogP contribution in [0.25, 0.3) is 0 Å². The minimum absolute atomic E-state index is 0.0686. The fraction of sp³-hybridized carbons (Fsp3) is 0.533. The molecular formula is C15H18BrCl2NO. The molecule has 0 radical (unpaired) electrons. The van der Waals surface area contributed by atoms with Gasteiger partial charge in [0.2, 0.25) is 0 Å². The zero-order chi connectivity index (χ0) is 14.6. The summed E-state index contributed by atoms with van der Waals surface area (Å²) in [6, 6.07) is 5.20. The molecule has 1 aromatic rings. The fourth-order valence-corrected chi connectivity index (χ4v) is 3.52. The summed E-state index contributed by atoms with van der Waals surface area (Å²) in [7, 11) is 0. The molecule has 1 aliphatic rings.